The summed E-state index contributed by atoms with van der Waals surface area (Å²) in [5.41, 5.74) is 9.87. The normalized spacial score (nSPS) is 18.5. The van der Waals surface area contributed by atoms with Crippen molar-refractivity contribution in [3.05, 3.63) is 65.0 Å². The predicted molar refractivity (Wildman–Crippen MR) is 163 cm³/mol. The number of imidazole rings is 1. The zero-order valence-electron chi connectivity index (χ0n) is 21.7. The monoisotopic (exact) mass is 556 g/mol. The number of anilines is 2. The first-order valence-corrected chi connectivity index (χ1v) is 14.1. The van der Waals surface area contributed by atoms with Gasteiger partial charge < -0.3 is 16.0 Å². The van der Waals surface area contributed by atoms with Gasteiger partial charge in [-0.2, -0.15) is 0 Å². The van der Waals surface area contributed by atoms with Crippen molar-refractivity contribution in [2.24, 2.45) is 11.1 Å². The smallest absolute Gasteiger partial charge is 0.211 e. The van der Waals surface area contributed by atoms with Crippen molar-refractivity contribution in [1.29, 1.82) is 0 Å². The fraction of sp³-hybridized carbons (Fsp3) is 0.360. The molecule has 10 radical (unpaired) electrons. The minimum atomic E-state index is -1.75. The van der Waals surface area contributed by atoms with E-state index in [9.17, 15) is 0 Å². The summed E-state index contributed by atoms with van der Waals surface area (Å²) in [5, 5.41) is 1.41. The fourth-order valence-electron chi connectivity index (χ4n) is 5.72. The van der Waals surface area contributed by atoms with E-state index in [0.29, 0.717) is 37.9 Å². The highest BCUT2D eigenvalue weighted by Crippen LogP contribution is 2.50. The molecule has 1 spiro atoms. The van der Waals surface area contributed by atoms with E-state index < -0.39 is 11.0 Å². The number of nitrogens with one attached hydrogen (secondary N) is 1. The van der Waals surface area contributed by atoms with Crippen molar-refractivity contribution in [1.82, 2.24) is 24.3 Å². The van der Waals surface area contributed by atoms with E-state index in [1.807, 2.05) is 22.9 Å². The van der Waals surface area contributed by atoms with Crippen molar-refractivity contribution in [3.63, 3.8) is 0 Å². The van der Waals surface area contributed by atoms with Gasteiger partial charge in [0.1, 0.15) is 5.82 Å². The molecule has 1 saturated heterocycles. The maximum Gasteiger partial charge on any atom is 0.211 e. The van der Waals surface area contributed by atoms with E-state index in [1.54, 1.807) is 18.5 Å². The Bertz CT molecular complexity index is 1570. The first-order valence-electron chi connectivity index (χ1n) is 12.9. The number of hydrogen-bond acceptors (Lipinski definition) is 8. The fourth-order valence-corrected chi connectivity index (χ4v) is 7.10. The van der Waals surface area contributed by atoms with Gasteiger partial charge in [0.25, 0.3) is 0 Å². The summed E-state index contributed by atoms with van der Waals surface area (Å²) in [6.07, 6.45) is 9.64. The molecular formula is C25H22B5ClN8S. The second-order valence-corrected chi connectivity index (χ2v) is 11.9. The number of nitrogens with two attached hydrogens (primary N) is 1. The number of aromatic nitrogens is 5. The maximum atomic E-state index is 6.76. The molecule has 1 aliphatic carbocycles. The molecule has 6 rings (SSSR count). The van der Waals surface area contributed by atoms with Crippen molar-refractivity contribution in [2.45, 2.75) is 46.0 Å². The summed E-state index contributed by atoms with van der Waals surface area (Å²) in [7, 11) is 30.2. The van der Waals surface area contributed by atoms with E-state index in [2.05, 4.69) is 31.2 Å². The van der Waals surface area contributed by atoms with E-state index in [-0.39, 0.29) is 11.5 Å². The number of fused-ring (bicyclic) bond motifs is 2. The molecule has 8 nitrogen and oxygen atoms in total. The second kappa shape index (κ2) is 10.4. The van der Waals surface area contributed by atoms with Gasteiger partial charge in [-0.3, -0.25) is 9.38 Å². The van der Waals surface area contributed by atoms with Gasteiger partial charge in [0.05, 0.1) is 49.1 Å². The molecule has 4 aromatic heterocycles. The predicted octanol–water partition coefficient (Wildman–Crippen LogP) is 1.81. The van der Waals surface area contributed by atoms with Crippen LogP contribution in [-0.2, 0) is 11.5 Å². The Morgan fingerprint density at radius 1 is 1.10 bits per heavy atom. The molecule has 15 heteroatoms. The topological polar surface area (TPSA) is 97.3 Å². The Morgan fingerprint density at radius 2 is 1.88 bits per heavy atom. The number of hydrogen-bond donors (Lipinski definition) is 2. The minimum Gasteiger partial charge on any atom is -0.383 e. The van der Waals surface area contributed by atoms with Crippen LogP contribution in [0.25, 0.3) is 5.65 Å². The summed E-state index contributed by atoms with van der Waals surface area (Å²) in [6, 6.07) is 5.76. The molecule has 1 fully saturated rings. The molecule has 190 valence electrons. The maximum absolute atomic E-state index is 6.76. The third kappa shape index (κ3) is 4.82. The highest BCUT2D eigenvalue weighted by molar-refractivity contribution is 7.99. The molecule has 0 bridgehead atoms. The van der Waals surface area contributed by atoms with Crippen LogP contribution in [0.5, 0.6) is 0 Å². The minimum absolute atomic E-state index is 0.0326. The summed E-state index contributed by atoms with van der Waals surface area (Å²) in [6.45, 7) is 1.48. The third-order valence-corrected chi connectivity index (χ3v) is 9.38. The van der Waals surface area contributed by atoms with Gasteiger partial charge in [-0.1, -0.05) is 34.5 Å². The van der Waals surface area contributed by atoms with Crippen molar-refractivity contribution < 1.29 is 0 Å². The average molecular weight is 556 g/mol. The summed E-state index contributed by atoms with van der Waals surface area (Å²) >= 11 is 7.92. The zero-order chi connectivity index (χ0) is 28.2. The number of nitrogens with zero attached hydrogens (tertiary/aromatic N) is 6. The third-order valence-electron chi connectivity index (χ3n) is 7.75. The van der Waals surface area contributed by atoms with Crippen LogP contribution in [0.3, 0.4) is 0 Å². The highest BCUT2D eigenvalue weighted by Gasteiger charge is 2.47. The van der Waals surface area contributed by atoms with Crippen LogP contribution in [-0.4, -0.2) is 82.5 Å². The average Bonchev–Trinajstić information content (AvgIpc) is 3.50. The number of halogens is 1. The summed E-state index contributed by atoms with van der Waals surface area (Å²) in [4.78, 5) is 21.8. The lowest BCUT2D eigenvalue weighted by Gasteiger charge is -2.42. The first kappa shape index (κ1) is 27.6. The quantitative estimate of drug-likeness (QED) is 0.348. The lowest BCUT2D eigenvalue weighted by atomic mass is 9.41. The summed E-state index contributed by atoms with van der Waals surface area (Å²) in [5.74, 6) is 0.168. The largest absolute Gasteiger partial charge is 0.383 e. The molecule has 0 aromatic carbocycles. The highest BCUT2D eigenvalue weighted by atomic mass is 35.5. The Hall–Kier alpha value is -2.56. The number of piperidine rings is 1. The van der Waals surface area contributed by atoms with Gasteiger partial charge in [-0.05, 0) is 48.2 Å². The Kier molecular flexibility index (Phi) is 7.16. The van der Waals surface area contributed by atoms with E-state index in [4.69, 9.17) is 61.5 Å². The second-order valence-electron chi connectivity index (χ2n) is 10.4. The van der Waals surface area contributed by atoms with Gasteiger partial charge in [0.15, 0.2) is 5.65 Å². The van der Waals surface area contributed by atoms with Gasteiger partial charge in [0.2, 0.25) is 5.95 Å². The molecule has 4 aromatic rings. The molecular weight excluding hydrogens is 534 g/mol. The van der Waals surface area contributed by atoms with E-state index in [1.165, 1.54) is 11.8 Å². The molecule has 1 atom stereocenters. The molecule has 0 saturated carbocycles. The van der Waals surface area contributed by atoms with Crippen molar-refractivity contribution in [3.8, 4) is 0 Å². The lowest BCUT2D eigenvalue weighted by Crippen LogP contribution is -2.45. The van der Waals surface area contributed by atoms with Crippen LogP contribution in [0.2, 0.25) is 5.02 Å². The van der Waals surface area contributed by atoms with Crippen molar-refractivity contribution in [2.75, 3.05) is 23.3 Å². The Balaban J connectivity index is 1.35. The van der Waals surface area contributed by atoms with Crippen LogP contribution in [0.4, 0.5) is 11.8 Å². The van der Waals surface area contributed by atoms with Crippen LogP contribution in [0.15, 0.2) is 52.8 Å². The van der Waals surface area contributed by atoms with Crippen LogP contribution < -0.4 is 16.0 Å². The van der Waals surface area contributed by atoms with Gasteiger partial charge >= 0.3 is 0 Å². The molecule has 3 N–H and O–H groups in total. The lowest BCUT2D eigenvalue weighted by molar-refractivity contribution is 0.186. The van der Waals surface area contributed by atoms with Crippen LogP contribution >= 0.6 is 23.4 Å². The zero-order valence-corrected chi connectivity index (χ0v) is 23.2. The number of pyridine rings is 2. The molecule has 40 heavy (non-hydrogen) atoms. The molecule has 0 amide bonds. The van der Waals surface area contributed by atoms with Crippen LogP contribution in [0.1, 0.15) is 35.8 Å². The van der Waals surface area contributed by atoms with E-state index >= 15 is 0 Å². The van der Waals surface area contributed by atoms with Gasteiger partial charge in [0, 0.05) is 60.2 Å². The SMILES string of the molecule is [B]C([B])Nc1nccc(Sc2c(C([B])([B])[B])nc(N3CCC4(CC3)Cc3ncccc3[C@H]4N)n3ccnc23)c1Cl. The molecule has 2 aliphatic rings. The van der Waals surface area contributed by atoms with Crippen LogP contribution in [0, 0.1) is 5.41 Å². The van der Waals surface area contributed by atoms with Gasteiger partial charge in [-0.25, -0.2) is 15.0 Å². The van der Waals surface area contributed by atoms with Crippen molar-refractivity contribution >= 4 is 80.0 Å². The Morgan fingerprint density at radius 3 is 2.58 bits per heavy atom. The molecule has 1 aliphatic heterocycles. The van der Waals surface area contributed by atoms with E-state index in [0.717, 1.165) is 43.6 Å². The molecule has 5 heterocycles. The first-order chi connectivity index (χ1) is 19.1. The number of rotatable bonds is 6. The standard InChI is InChI=1S/C25H22B5ClN8S/c26-22(27)37-20-16(31)15(3-7-34-20)40-17-19(25(28,29)30)36-23(39-11-8-35-21(17)39)38-9-4-24(5-10-38)12-14-13(18(24)32)2-1-6-33-14/h1-3,6-8,11,18,22H,4-5,9-10,12,32H2,(H,34,37)/t18-/m1/s1. The molecule has 0 unspecified atom stereocenters. The van der Waals surface area contributed by atoms with Gasteiger partial charge in [-0.15, -0.1) is 0 Å². The summed E-state index contributed by atoms with van der Waals surface area (Å²) < 4.78 is 1.92. The Labute approximate surface area is 249 Å².